The first-order valence-electron chi connectivity index (χ1n) is 9.37. The van der Waals surface area contributed by atoms with Crippen LogP contribution in [0.15, 0.2) is 53.7 Å². The zero-order valence-electron chi connectivity index (χ0n) is 15.1. The molecule has 2 bridgehead atoms. The molecule has 5 rings (SSSR count). The fraction of sp³-hybridized carbons (Fsp3) is 0.261. The molecule has 0 unspecified atom stereocenters. The Kier molecular flexibility index (Phi) is 3.80. The van der Waals surface area contributed by atoms with Crippen LogP contribution < -0.4 is 4.74 Å². The SMILES string of the molecule is C#CCOc1ccc2ccccc2c1/C=N\N1C(=O)[C@@H]2[C@H](C1=O)[C@@H]1C=C[C@@H]2C1. The van der Waals surface area contributed by atoms with Gasteiger partial charge in [-0.25, -0.2) is 0 Å². The number of carbonyl (C=O) groups is 2. The molecule has 138 valence electrons. The Balaban J connectivity index is 1.52. The number of hydrogen-bond acceptors (Lipinski definition) is 4. The third kappa shape index (κ3) is 2.38. The summed E-state index contributed by atoms with van der Waals surface area (Å²) in [5, 5.41) is 7.28. The van der Waals surface area contributed by atoms with Crippen LogP contribution in [-0.2, 0) is 9.59 Å². The normalized spacial score (nSPS) is 27.8. The number of rotatable bonds is 4. The second-order valence-corrected chi connectivity index (χ2v) is 7.42. The highest BCUT2D eigenvalue weighted by Crippen LogP contribution is 2.52. The molecule has 2 aliphatic carbocycles. The standard InChI is InChI=1S/C23H18N2O3/c1-2-11-28-19-10-9-14-5-3-4-6-17(14)18(19)13-24-25-22(26)20-15-7-8-16(12-15)21(20)23(25)27/h1,3-10,13,15-16,20-21H,11-12H2/b24-13-/t15-,16-,20-,21+/m1/s1. The molecule has 5 heteroatoms. The minimum Gasteiger partial charge on any atom is -0.480 e. The number of nitrogens with zero attached hydrogens (tertiary/aromatic N) is 2. The first kappa shape index (κ1) is 16.8. The lowest BCUT2D eigenvalue weighted by molar-refractivity contribution is -0.140. The second kappa shape index (κ2) is 6.35. The van der Waals surface area contributed by atoms with Crippen molar-refractivity contribution in [3.8, 4) is 18.1 Å². The number of allylic oxidation sites excluding steroid dienone is 2. The molecule has 0 spiro atoms. The summed E-state index contributed by atoms with van der Waals surface area (Å²) < 4.78 is 5.66. The van der Waals surface area contributed by atoms with Gasteiger partial charge in [-0.1, -0.05) is 48.4 Å². The van der Waals surface area contributed by atoms with Gasteiger partial charge in [0, 0.05) is 5.56 Å². The first-order valence-corrected chi connectivity index (χ1v) is 9.37. The monoisotopic (exact) mass is 370 g/mol. The van der Waals surface area contributed by atoms with Crippen LogP contribution in [0.5, 0.6) is 5.75 Å². The van der Waals surface area contributed by atoms with Gasteiger partial charge in [-0.15, -0.1) is 6.42 Å². The largest absolute Gasteiger partial charge is 0.480 e. The summed E-state index contributed by atoms with van der Waals surface area (Å²) in [6, 6.07) is 11.6. The number of benzene rings is 2. The Bertz CT molecular complexity index is 1060. The van der Waals surface area contributed by atoms with E-state index in [0.717, 1.165) is 22.2 Å². The molecule has 0 radical (unpaired) electrons. The predicted octanol–water partition coefficient (Wildman–Crippen LogP) is 2.99. The molecule has 5 nitrogen and oxygen atoms in total. The molecule has 2 fully saturated rings. The number of hydrazone groups is 1. The predicted molar refractivity (Wildman–Crippen MR) is 105 cm³/mol. The summed E-state index contributed by atoms with van der Waals surface area (Å²) >= 11 is 0. The van der Waals surface area contributed by atoms with Crippen molar-refractivity contribution in [2.45, 2.75) is 6.42 Å². The van der Waals surface area contributed by atoms with E-state index in [0.29, 0.717) is 11.3 Å². The quantitative estimate of drug-likeness (QED) is 0.360. The minimum absolute atomic E-state index is 0.125. The highest BCUT2D eigenvalue weighted by Gasteiger charge is 2.59. The topological polar surface area (TPSA) is 59.0 Å². The number of carbonyl (C=O) groups excluding carboxylic acids is 2. The zero-order valence-corrected chi connectivity index (χ0v) is 15.1. The van der Waals surface area contributed by atoms with Gasteiger partial charge in [-0.05, 0) is 35.1 Å². The third-order valence-corrected chi connectivity index (χ3v) is 5.99. The molecule has 1 aliphatic heterocycles. The Labute approximate surface area is 162 Å². The molecular weight excluding hydrogens is 352 g/mol. The molecular formula is C23H18N2O3. The maximum absolute atomic E-state index is 12.8. The summed E-state index contributed by atoms with van der Waals surface area (Å²) in [4.78, 5) is 25.7. The summed E-state index contributed by atoms with van der Waals surface area (Å²) in [6.07, 6.45) is 11.9. The summed E-state index contributed by atoms with van der Waals surface area (Å²) in [6.45, 7) is 0.125. The molecule has 2 amide bonds. The minimum atomic E-state index is -0.260. The Morgan fingerprint density at radius 3 is 2.54 bits per heavy atom. The van der Waals surface area contributed by atoms with Crippen molar-refractivity contribution < 1.29 is 14.3 Å². The van der Waals surface area contributed by atoms with Gasteiger partial charge in [0.15, 0.2) is 0 Å². The maximum Gasteiger partial charge on any atom is 0.254 e. The van der Waals surface area contributed by atoms with Crippen LogP contribution in [0, 0.1) is 36.0 Å². The van der Waals surface area contributed by atoms with Crippen molar-refractivity contribution in [2.24, 2.45) is 28.8 Å². The van der Waals surface area contributed by atoms with E-state index in [1.165, 1.54) is 0 Å². The molecule has 28 heavy (non-hydrogen) atoms. The Morgan fingerprint density at radius 2 is 1.82 bits per heavy atom. The first-order chi connectivity index (χ1) is 13.7. The van der Waals surface area contributed by atoms with Crippen LogP contribution in [0.3, 0.4) is 0 Å². The lowest BCUT2D eigenvalue weighted by Gasteiger charge is -2.13. The average molecular weight is 370 g/mol. The summed E-state index contributed by atoms with van der Waals surface area (Å²) in [5.41, 5.74) is 0.701. The molecule has 2 aromatic rings. The van der Waals surface area contributed by atoms with E-state index in [4.69, 9.17) is 11.2 Å². The molecule has 3 aliphatic rings. The smallest absolute Gasteiger partial charge is 0.254 e. The number of imide groups is 1. The average Bonchev–Trinajstić information content (AvgIpc) is 3.39. The fourth-order valence-corrected chi connectivity index (χ4v) is 4.77. The zero-order chi connectivity index (χ0) is 19.3. The van der Waals surface area contributed by atoms with E-state index in [1.807, 2.05) is 36.4 Å². The number of ether oxygens (including phenoxy) is 1. The molecule has 4 atom stereocenters. The molecule has 1 saturated heterocycles. The maximum atomic E-state index is 12.8. The van der Waals surface area contributed by atoms with Crippen LogP contribution in [0.4, 0.5) is 0 Å². The van der Waals surface area contributed by atoms with Crippen molar-refractivity contribution in [3.63, 3.8) is 0 Å². The van der Waals surface area contributed by atoms with Crippen LogP contribution in [0.2, 0.25) is 0 Å². The number of hydrogen-bond donors (Lipinski definition) is 0. The second-order valence-electron chi connectivity index (χ2n) is 7.42. The van der Waals surface area contributed by atoms with E-state index in [1.54, 1.807) is 6.21 Å². The number of terminal acetylenes is 1. The van der Waals surface area contributed by atoms with E-state index < -0.39 is 0 Å². The van der Waals surface area contributed by atoms with Gasteiger partial charge in [-0.2, -0.15) is 10.1 Å². The molecule has 2 aromatic carbocycles. The van der Waals surface area contributed by atoms with E-state index in [-0.39, 0.29) is 42.1 Å². The van der Waals surface area contributed by atoms with E-state index >= 15 is 0 Å². The molecule has 1 heterocycles. The number of fused-ring (bicyclic) bond motifs is 6. The molecule has 1 saturated carbocycles. The lowest BCUT2D eigenvalue weighted by Crippen LogP contribution is -2.28. The van der Waals surface area contributed by atoms with E-state index in [2.05, 4.69) is 23.2 Å². The third-order valence-electron chi connectivity index (χ3n) is 5.99. The van der Waals surface area contributed by atoms with Gasteiger partial charge in [0.2, 0.25) is 0 Å². The summed E-state index contributed by atoms with van der Waals surface area (Å²) in [7, 11) is 0. The highest BCUT2D eigenvalue weighted by atomic mass is 16.5. The van der Waals surface area contributed by atoms with Crippen LogP contribution in [0.25, 0.3) is 10.8 Å². The van der Waals surface area contributed by atoms with Crippen LogP contribution in [0.1, 0.15) is 12.0 Å². The van der Waals surface area contributed by atoms with Gasteiger partial charge in [0.25, 0.3) is 11.8 Å². The van der Waals surface area contributed by atoms with Gasteiger partial charge in [-0.3, -0.25) is 9.59 Å². The van der Waals surface area contributed by atoms with Gasteiger partial charge in [0.1, 0.15) is 12.4 Å². The number of amides is 2. The van der Waals surface area contributed by atoms with Crippen molar-refractivity contribution in [1.82, 2.24) is 5.01 Å². The van der Waals surface area contributed by atoms with Crippen LogP contribution >= 0.6 is 0 Å². The molecule has 0 aromatic heterocycles. The van der Waals surface area contributed by atoms with E-state index in [9.17, 15) is 9.59 Å². The fourth-order valence-electron chi connectivity index (χ4n) is 4.77. The van der Waals surface area contributed by atoms with Gasteiger partial charge < -0.3 is 4.74 Å². The summed E-state index contributed by atoms with van der Waals surface area (Å²) in [5.74, 6) is 2.44. The Morgan fingerprint density at radius 1 is 1.11 bits per heavy atom. The van der Waals surface area contributed by atoms with Gasteiger partial charge in [0.05, 0.1) is 18.1 Å². The van der Waals surface area contributed by atoms with Crippen molar-refractivity contribution in [2.75, 3.05) is 6.61 Å². The Hall–Kier alpha value is -3.39. The highest BCUT2D eigenvalue weighted by molar-refractivity contribution is 6.08. The van der Waals surface area contributed by atoms with Crippen molar-refractivity contribution in [1.29, 1.82) is 0 Å². The van der Waals surface area contributed by atoms with Crippen molar-refractivity contribution >= 4 is 28.8 Å². The van der Waals surface area contributed by atoms with Crippen LogP contribution in [-0.4, -0.2) is 29.6 Å². The van der Waals surface area contributed by atoms with Gasteiger partial charge >= 0.3 is 0 Å². The molecule has 0 N–H and O–H groups in total. The lowest BCUT2D eigenvalue weighted by atomic mass is 9.85. The van der Waals surface area contributed by atoms with Crippen molar-refractivity contribution in [3.05, 3.63) is 54.1 Å².